The van der Waals surface area contributed by atoms with Crippen molar-refractivity contribution in [3.63, 3.8) is 0 Å². The number of ether oxygens (including phenoxy) is 2. The van der Waals surface area contributed by atoms with Crippen molar-refractivity contribution >= 4 is 24.5 Å². The van der Waals surface area contributed by atoms with E-state index in [-0.39, 0.29) is 30.8 Å². The zero-order chi connectivity index (χ0) is 15.0. The Balaban J connectivity index is 2.68. The van der Waals surface area contributed by atoms with Crippen LogP contribution in [0, 0.1) is 5.92 Å². The van der Waals surface area contributed by atoms with Gasteiger partial charge in [-0.25, -0.2) is 9.13 Å². The summed E-state index contributed by atoms with van der Waals surface area (Å²) >= 11 is 0. The maximum absolute atomic E-state index is 12.4. The number of rotatable bonds is 9. The quantitative estimate of drug-likeness (QED) is 0.594. The minimum Gasteiger partial charge on any atom is -0.379 e. The summed E-state index contributed by atoms with van der Waals surface area (Å²) in [5, 5.41) is 0. The van der Waals surface area contributed by atoms with Crippen molar-refractivity contribution < 1.29 is 32.2 Å². The molecule has 10 heteroatoms. The van der Waals surface area contributed by atoms with Gasteiger partial charge in [0.25, 0.3) is 0 Å². The summed E-state index contributed by atoms with van der Waals surface area (Å²) in [5.41, 5.74) is 0. The van der Waals surface area contributed by atoms with Crippen molar-refractivity contribution in [3.8, 4) is 0 Å². The topological polar surface area (TPSA) is 88.1 Å². The normalized spacial score (nSPS) is 30.2. The molecular formula is C10H17O7P3. The molecule has 1 rings (SSSR count). The van der Waals surface area contributed by atoms with Crippen molar-refractivity contribution in [3.05, 3.63) is 11.9 Å². The van der Waals surface area contributed by atoms with Crippen LogP contribution in [-0.2, 0) is 32.2 Å². The third-order valence-corrected chi connectivity index (χ3v) is 5.79. The minimum absolute atomic E-state index is 0.00291. The summed E-state index contributed by atoms with van der Waals surface area (Å²) in [7, 11) is -2.53. The smallest absolute Gasteiger partial charge is 0.327 e. The zero-order valence-corrected chi connectivity index (χ0v) is 13.9. The van der Waals surface area contributed by atoms with Gasteiger partial charge >= 0.3 is 17.4 Å². The first-order chi connectivity index (χ1) is 9.56. The van der Waals surface area contributed by atoms with Crippen LogP contribution in [0.4, 0.5) is 0 Å². The molecule has 0 unspecified atom stereocenters. The highest BCUT2D eigenvalue weighted by Gasteiger charge is 2.33. The Morgan fingerprint density at radius 3 is 2.35 bits per heavy atom. The first-order valence-corrected chi connectivity index (χ1v) is 9.48. The first-order valence-electron chi connectivity index (χ1n) is 5.87. The van der Waals surface area contributed by atoms with Crippen molar-refractivity contribution in [2.75, 3.05) is 26.4 Å². The van der Waals surface area contributed by atoms with Crippen LogP contribution in [0.5, 0.6) is 0 Å². The third kappa shape index (κ3) is 5.42. The number of hydrogen-bond acceptors (Lipinski definition) is 7. The Hall–Kier alpha value is 0.01000. The van der Waals surface area contributed by atoms with Crippen LogP contribution in [0.25, 0.3) is 0 Å². The second-order valence-electron chi connectivity index (χ2n) is 4.39. The van der Waals surface area contributed by atoms with Gasteiger partial charge in [0, 0.05) is 13.0 Å². The Labute approximate surface area is 120 Å². The van der Waals surface area contributed by atoms with Crippen LogP contribution in [0.15, 0.2) is 11.9 Å². The molecule has 0 aliphatic carbocycles. The predicted octanol–water partition coefficient (Wildman–Crippen LogP) is 3.27. The van der Waals surface area contributed by atoms with Crippen LogP contribution >= 0.6 is 24.5 Å². The van der Waals surface area contributed by atoms with E-state index in [0.29, 0.717) is 6.61 Å². The molecule has 1 aliphatic heterocycles. The lowest BCUT2D eigenvalue weighted by Gasteiger charge is -2.15. The maximum Gasteiger partial charge on any atom is 0.327 e. The van der Waals surface area contributed by atoms with E-state index in [4.69, 9.17) is 9.47 Å². The summed E-state index contributed by atoms with van der Waals surface area (Å²) in [6, 6.07) is 0. The van der Waals surface area contributed by atoms with Crippen molar-refractivity contribution in [1.29, 1.82) is 0 Å². The Morgan fingerprint density at radius 1 is 1.30 bits per heavy atom. The lowest BCUT2D eigenvalue weighted by molar-refractivity contribution is 0.0682. The van der Waals surface area contributed by atoms with Gasteiger partial charge in [0.1, 0.15) is 12.7 Å². The monoisotopic (exact) mass is 342 g/mol. The van der Waals surface area contributed by atoms with Crippen molar-refractivity contribution in [2.24, 2.45) is 5.92 Å². The van der Waals surface area contributed by atoms with Gasteiger partial charge in [-0.15, -0.1) is 0 Å². The summed E-state index contributed by atoms with van der Waals surface area (Å²) in [4.78, 5) is 0. The average molecular weight is 342 g/mol. The third-order valence-electron chi connectivity index (χ3n) is 3.07. The summed E-state index contributed by atoms with van der Waals surface area (Å²) < 4.78 is 53.1. The Kier molecular flexibility index (Phi) is 8.23. The highest BCUT2D eigenvalue weighted by Crippen LogP contribution is 2.49. The van der Waals surface area contributed by atoms with Gasteiger partial charge in [0.15, 0.2) is 7.14 Å². The maximum atomic E-state index is 12.4. The molecule has 0 saturated carbocycles. The Morgan fingerprint density at radius 2 is 1.90 bits per heavy atom. The first kappa shape index (κ1) is 18.1. The van der Waals surface area contributed by atoms with Gasteiger partial charge < -0.3 is 14.0 Å². The lowest BCUT2D eigenvalue weighted by Crippen LogP contribution is -2.21. The fourth-order valence-electron chi connectivity index (χ4n) is 1.84. The molecule has 0 aromatic rings. The van der Waals surface area contributed by atoms with E-state index in [1.54, 1.807) is 13.2 Å². The van der Waals surface area contributed by atoms with Gasteiger partial charge in [0.2, 0.25) is 0 Å². The molecule has 1 fully saturated rings. The van der Waals surface area contributed by atoms with E-state index in [0.717, 1.165) is 0 Å². The number of methoxy groups -OCH3 is 1. The second-order valence-corrected chi connectivity index (χ2v) is 7.92. The second kappa shape index (κ2) is 9.11. The van der Waals surface area contributed by atoms with E-state index in [9.17, 15) is 13.7 Å². The van der Waals surface area contributed by atoms with E-state index >= 15 is 0 Å². The van der Waals surface area contributed by atoms with Crippen molar-refractivity contribution in [1.82, 2.24) is 0 Å². The molecule has 1 aliphatic rings. The van der Waals surface area contributed by atoms with Crippen LogP contribution < -0.4 is 0 Å². The molecule has 0 amide bonds. The Bertz CT molecular complexity index is 384. The summed E-state index contributed by atoms with van der Waals surface area (Å²) in [6.07, 6.45) is 0.943. The van der Waals surface area contributed by atoms with Gasteiger partial charge in [0.05, 0.1) is 18.8 Å². The molecule has 0 spiro atoms. The molecule has 20 heavy (non-hydrogen) atoms. The van der Waals surface area contributed by atoms with Crippen LogP contribution in [-0.4, -0.2) is 38.6 Å². The van der Waals surface area contributed by atoms with E-state index in [1.165, 1.54) is 5.82 Å². The standard InChI is InChI=1S/C10H17O7P3/c1-8-9(15-5-10(8)14-2)3-4-20(13,6-16-18-11)7-17-19-12/h3-4,8-10H,5-7H2,1-2H3/b4-3+/t8-,9-,10+/m1/s1. The van der Waals surface area contributed by atoms with Crippen LogP contribution in [0.3, 0.4) is 0 Å². The van der Waals surface area contributed by atoms with Gasteiger partial charge in [-0.3, -0.25) is 9.05 Å². The fourth-order valence-corrected chi connectivity index (χ4v) is 4.51. The predicted molar refractivity (Wildman–Crippen MR) is 73.6 cm³/mol. The molecule has 0 N–H and O–H groups in total. The molecule has 0 bridgehead atoms. The molecule has 0 aromatic carbocycles. The molecule has 1 heterocycles. The van der Waals surface area contributed by atoms with E-state index in [1.807, 2.05) is 6.92 Å². The molecule has 1 saturated heterocycles. The molecule has 0 aromatic heterocycles. The molecule has 3 atom stereocenters. The van der Waals surface area contributed by atoms with Crippen LogP contribution in [0.2, 0.25) is 0 Å². The molecule has 0 radical (unpaired) electrons. The van der Waals surface area contributed by atoms with Gasteiger partial charge in [-0.2, -0.15) is 0 Å². The number of hydrogen-bond donors (Lipinski definition) is 0. The largest absolute Gasteiger partial charge is 0.379 e. The van der Waals surface area contributed by atoms with E-state index in [2.05, 4.69) is 9.05 Å². The molecule has 7 nitrogen and oxygen atoms in total. The van der Waals surface area contributed by atoms with Gasteiger partial charge in [-0.05, 0) is 5.82 Å². The zero-order valence-electron chi connectivity index (χ0n) is 11.2. The SMILES string of the molecule is CO[C@H]1CO[C@H](/C=C/P(=O)(COP=O)COP=O)[C@H]1C. The summed E-state index contributed by atoms with van der Waals surface area (Å²) in [6.45, 7) is 2.45. The lowest BCUT2D eigenvalue weighted by atomic mass is 10.0. The van der Waals surface area contributed by atoms with Crippen LogP contribution in [0.1, 0.15) is 6.92 Å². The minimum atomic E-state index is -3.02. The van der Waals surface area contributed by atoms with Gasteiger partial charge in [-0.1, -0.05) is 13.0 Å². The van der Waals surface area contributed by atoms with E-state index < -0.39 is 24.5 Å². The fraction of sp³-hybridized carbons (Fsp3) is 0.800. The molecular weight excluding hydrogens is 325 g/mol. The highest BCUT2D eigenvalue weighted by molar-refractivity contribution is 7.67. The molecule has 114 valence electrons. The highest BCUT2D eigenvalue weighted by atomic mass is 31.2. The van der Waals surface area contributed by atoms with Crippen molar-refractivity contribution in [2.45, 2.75) is 19.1 Å². The average Bonchev–Trinajstić information content (AvgIpc) is 2.81. The summed E-state index contributed by atoms with van der Waals surface area (Å²) in [5.74, 6) is 1.57.